The van der Waals surface area contributed by atoms with Gasteiger partial charge in [0.05, 0.1) is 12.0 Å². The largest absolute Gasteiger partial charge is 0.359 e. The highest BCUT2D eigenvalue weighted by Gasteiger charge is 2.25. The van der Waals surface area contributed by atoms with Crippen LogP contribution in [0.3, 0.4) is 0 Å². The number of carbonyl (C=O) groups is 1. The molecule has 1 heterocycles. The van der Waals surface area contributed by atoms with Crippen molar-refractivity contribution >= 4 is 18.0 Å². The van der Waals surface area contributed by atoms with Gasteiger partial charge in [0.15, 0.2) is 0 Å². The maximum Gasteiger partial charge on any atom is 0.146 e. The number of methoxy groups -OCH3 is 1. The minimum absolute atomic E-state index is 0.0545. The second-order valence-electron chi connectivity index (χ2n) is 2.78. The molecule has 1 fully saturated rings. The van der Waals surface area contributed by atoms with Crippen LogP contribution >= 0.6 is 11.8 Å². The highest BCUT2D eigenvalue weighted by atomic mass is 32.2. The van der Waals surface area contributed by atoms with Crippen LogP contribution in [0.1, 0.15) is 6.42 Å². The molecule has 0 radical (unpaired) electrons. The van der Waals surface area contributed by atoms with E-state index < -0.39 is 0 Å². The second-order valence-corrected chi connectivity index (χ2v) is 3.93. The summed E-state index contributed by atoms with van der Waals surface area (Å²) in [6.45, 7) is 0.291. The third-order valence-electron chi connectivity index (χ3n) is 1.91. The van der Waals surface area contributed by atoms with Gasteiger partial charge in [-0.1, -0.05) is 0 Å². The Hall–Kier alpha value is -0.0600. The van der Waals surface area contributed by atoms with Gasteiger partial charge < -0.3 is 14.3 Å². The molecule has 0 unspecified atom stereocenters. The van der Waals surface area contributed by atoms with Crippen molar-refractivity contribution in [1.29, 1.82) is 0 Å². The van der Waals surface area contributed by atoms with E-state index in [0.29, 0.717) is 6.79 Å². The molecule has 0 aromatic rings. The number of ether oxygens (including phenoxy) is 2. The van der Waals surface area contributed by atoms with Crippen LogP contribution in [0.25, 0.3) is 0 Å². The Labute approximate surface area is 76.8 Å². The number of thioether (sulfide) groups is 1. The van der Waals surface area contributed by atoms with Crippen LogP contribution in [0, 0.1) is 5.92 Å². The van der Waals surface area contributed by atoms with Crippen molar-refractivity contribution in [2.45, 2.75) is 12.5 Å². The third kappa shape index (κ3) is 2.77. The lowest BCUT2D eigenvalue weighted by Crippen LogP contribution is -2.32. The molecular formula is C8H14O3S. The molecule has 0 bridgehead atoms. The monoisotopic (exact) mass is 190 g/mol. The number of aldehydes is 1. The fourth-order valence-corrected chi connectivity index (χ4v) is 2.36. The van der Waals surface area contributed by atoms with E-state index in [-0.39, 0.29) is 12.0 Å². The average Bonchev–Trinajstić information content (AvgIpc) is 2.15. The minimum Gasteiger partial charge on any atom is -0.359 e. The number of rotatable bonds is 4. The van der Waals surface area contributed by atoms with E-state index >= 15 is 0 Å². The van der Waals surface area contributed by atoms with Crippen LogP contribution in [0.4, 0.5) is 0 Å². The van der Waals surface area contributed by atoms with Crippen LogP contribution in [-0.4, -0.2) is 37.8 Å². The van der Waals surface area contributed by atoms with E-state index in [2.05, 4.69) is 0 Å². The van der Waals surface area contributed by atoms with E-state index in [0.717, 1.165) is 24.2 Å². The SMILES string of the molecule is COCO[C@H]1CCSC[C@H]1C=O. The maximum atomic E-state index is 10.6. The zero-order valence-electron chi connectivity index (χ0n) is 7.19. The van der Waals surface area contributed by atoms with Gasteiger partial charge in [0.25, 0.3) is 0 Å². The summed E-state index contributed by atoms with van der Waals surface area (Å²) in [4.78, 5) is 10.6. The second kappa shape index (κ2) is 5.56. The van der Waals surface area contributed by atoms with Gasteiger partial charge in [0, 0.05) is 12.9 Å². The molecule has 3 nitrogen and oxygen atoms in total. The maximum absolute atomic E-state index is 10.6. The Kier molecular flexibility index (Phi) is 4.65. The molecule has 0 N–H and O–H groups in total. The van der Waals surface area contributed by atoms with E-state index in [1.165, 1.54) is 0 Å². The third-order valence-corrected chi connectivity index (χ3v) is 3.05. The number of hydrogen-bond acceptors (Lipinski definition) is 4. The molecule has 0 aliphatic carbocycles. The quantitative estimate of drug-likeness (QED) is 0.488. The normalized spacial score (nSPS) is 30.1. The Morgan fingerprint density at radius 1 is 1.67 bits per heavy atom. The summed E-state index contributed by atoms with van der Waals surface area (Å²) in [7, 11) is 1.59. The standard InChI is InChI=1S/C8H14O3S/c1-10-6-11-8-2-3-12-5-7(8)4-9/h4,7-8H,2-3,5-6H2,1H3/t7-,8+/m1/s1. The summed E-state index contributed by atoms with van der Waals surface area (Å²) in [5, 5.41) is 0. The van der Waals surface area contributed by atoms with Crippen molar-refractivity contribution in [3.8, 4) is 0 Å². The summed E-state index contributed by atoms with van der Waals surface area (Å²) >= 11 is 1.81. The fraction of sp³-hybridized carbons (Fsp3) is 0.875. The highest BCUT2D eigenvalue weighted by molar-refractivity contribution is 7.99. The van der Waals surface area contributed by atoms with E-state index in [4.69, 9.17) is 9.47 Å². The molecule has 70 valence electrons. The van der Waals surface area contributed by atoms with Gasteiger partial charge in [-0.3, -0.25) is 0 Å². The zero-order valence-corrected chi connectivity index (χ0v) is 8.01. The predicted octanol–water partition coefficient (Wildman–Crippen LogP) is 0.927. The van der Waals surface area contributed by atoms with Crippen molar-refractivity contribution in [2.24, 2.45) is 5.92 Å². The molecule has 1 rings (SSSR count). The lowest BCUT2D eigenvalue weighted by atomic mass is 10.0. The van der Waals surface area contributed by atoms with Crippen molar-refractivity contribution < 1.29 is 14.3 Å². The van der Waals surface area contributed by atoms with Gasteiger partial charge in [0.1, 0.15) is 13.1 Å². The molecule has 1 aliphatic rings. The Balaban J connectivity index is 2.31. The van der Waals surface area contributed by atoms with Crippen LogP contribution in [0.5, 0.6) is 0 Å². The van der Waals surface area contributed by atoms with Crippen LogP contribution in [0.2, 0.25) is 0 Å². The summed E-state index contributed by atoms with van der Waals surface area (Å²) in [5.74, 6) is 2.02. The van der Waals surface area contributed by atoms with Crippen LogP contribution in [-0.2, 0) is 14.3 Å². The van der Waals surface area contributed by atoms with Gasteiger partial charge in [-0.2, -0.15) is 11.8 Å². The molecule has 2 atom stereocenters. The summed E-state index contributed by atoms with van der Waals surface area (Å²) < 4.78 is 10.2. The molecule has 0 saturated carbocycles. The molecular weight excluding hydrogens is 176 g/mol. The summed E-state index contributed by atoms with van der Waals surface area (Å²) in [6.07, 6.45) is 2.02. The molecule has 0 spiro atoms. The Morgan fingerprint density at radius 3 is 3.17 bits per heavy atom. The first-order valence-electron chi connectivity index (χ1n) is 4.02. The van der Waals surface area contributed by atoms with Gasteiger partial charge in [-0.05, 0) is 12.2 Å². The summed E-state index contributed by atoms with van der Waals surface area (Å²) in [5.41, 5.74) is 0. The molecule has 1 saturated heterocycles. The molecule has 0 aromatic carbocycles. The Morgan fingerprint density at radius 2 is 2.50 bits per heavy atom. The predicted molar refractivity (Wildman–Crippen MR) is 48.2 cm³/mol. The Bertz CT molecular complexity index is 140. The molecule has 1 aliphatic heterocycles. The number of carbonyl (C=O) groups excluding carboxylic acids is 1. The van der Waals surface area contributed by atoms with E-state index in [1.54, 1.807) is 7.11 Å². The van der Waals surface area contributed by atoms with Crippen molar-refractivity contribution in [3.05, 3.63) is 0 Å². The minimum atomic E-state index is 0.0545. The number of hydrogen-bond donors (Lipinski definition) is 0. The van der Waals surface area contributed by atoms with Crippen LogP contribution < -0.4 is 0 Å². The van der Waals surface area contributed by atoms with Gasteiger partial charge in [0.2, 0.25) is 0 Å². The van der Waals surface area contributed by atoms with Gasteiger partial charge in [-0.15, -0.1) is 0 Å². The molecule has 4 heteroatoms. The van der Waals surface area contributed by atoms with E-state index in [1.807, 2.05) is 11.8 Å². The first-order chi connectivity index (χ1) is 5.88. The van der Waals surface area contributed by atoms with Gasteiger partial charge in [-0.25, -0.2) is 0 Å². The lowest BCUT2D eigenvalue weighted by Gasteiger charge is -2.26. The molecule has 0 amide bonds. The van der Waals surface area contributed by atoms with Crippen LogP contribution in [0.15, 0.2) is 0 Å². The fourth-order valence-electron chi connectivity index (χ4n) is 1.23. The molecule has 0 aromatic heterocycles. The summed E-state index contributed by atoms with van der Waals surface area (Å²) in [6, 6.07) is 0. The van der Waals surface area contributed by atoms with Crippen molar-refractivity contribution in [1.82, 2.24) is 0 Å². The van der Waals surface area contributed by atoms with Crippen molar-refractivity contribution in [3.63, 3.8) is 0 Å². The average molecular weight is 190 g/mol. The first kappa shape index (κ1) is 10.0. The van der Waals surface area contributed by atoms with Crippen molar-refractivity contribution in [2.75, 3.05) is 25.4 Å². The lowest BCUT2D eigenvalue weighted by molar-refractivity contribution is -0.122. The smallest absolute Gasteiger partial charge is 0.146 e. The highest BCUT2D eigenvalue weighted by Crippen LogP contribution is 2.24. The topological polar surface area (TPSA) is 35.5 Å². The van der Waals surface area contributed by atoms with Gasteiger partial charge >= 0.3 is 0 Å². The van der Waals surface area contributed by atoms with E-state index in [9.17, 15) is 4.79 Å². The molecule has 12 heavy (non-hydrogen) atoms. The first-order valence-corrected chi connectivity index (χ1v) is 5.17. The zero-order chi connectivity index (χ0) is 8.81.